The Labute approximate surface area is 102 Å². The molecule has 0 radical (unpaired) electrons. The van der Waals surface area contributed by atoms with E-state index in [1.165, 1.54) is 12.1 Å². The summed E-state index contributed by atoms with van der Waals surface area (Å²) in [4.78, 5) is 0. The molecule has 0 heterocycles. The van der Waals surface area contributed by atoms with Crippen molar-refractivity contribution in [3.05, 3.63) is 35.6 Å². The Bertz CT molecular complexity index is 338. The van der Waals surface area contributed by atoms with Crippen LogP contribution in [0.5, 0.6) is 0 Å². The van der Waals surface area contributed by atoms with E-state index in [1.54, 1.807) is 26.2 Å². The Morgan fingerprint density at radius 1 is 1.41 bits per heavy atom. The highest BCUT2D eigenvalue weighted by atomic mass is 19.1. The summed E-state index contributed by atoms with van der Waals surface area (Å²) < 4.78 is 17.8. The number of aliphatic hydroxyl groups is 1. The van der Waals surface area contributed by atoms with Crippen molar-refractivity contribution in [2.24, 2.45) is 0 Å². The van der Waals surface area contributed by atoms with Gasteiger partial charge in [-0.1, -0.05) is 12.1 Å². The van der Waals surface area contributed by atoms with Crippen LogP contribution >= 0.6 is 0 Å². The number of hydrogen-bond donors (Lipinski definition) is 2. The molecule has 17 heavy (non-hydrogen) atoms. The predicted octanol–water partition coefficient (Wildman–Crippen LogP) is 1.66. The maximum atomic E-state index is 12.8. The second kappa shape index (κ2) is 6.10. The molecule has 0 aromatic heterocycles. The maximum absolute atomic E-state index is 12.8. The highest BCUT2D eigenvalue weighted by Gasteiger charge is 2.23. The van der Waals surface area contributed by atoms with Gasteiger partial charge in [0.2, 0.25) is 0 Å². The van der Waals surface area contributed by atoms with Crippen LogP contribution in [0.4, 0.5) is 4.39 Å². The van der Waals surface area contributed by atoms with E-state index in [9.17, 15) is 9.50 Å². The molecule has 0 aliphatic rings. The summed E-state index contributed by atoms with van der Waals surface area (Å²) in [5, 5.41) is 13.4. The average Bonchev–Trinajstić information content (AvgIpc) is 2.28. The van der Waals surface area contributed by atoms with Gasteiger partial charge >= 0.3 is 0 Å². The van der Waals surface area contributed by atoms with Gasteiger partial charge in [0, 0.05) is 19.7 Å². The summed E-state index contributed by atoms with van der Waals surface area (Å²) in [6.45, 7) is 4.65. The fourth-order valence-corrected chi connectivity index (χ4v) is 1.59. The predicted molar refractivity (Wildman–Crippen MR) is 65.3 cm³/mol. The van der Waals surface area contributed by atoms with Gasteiger partial charge in [0.1, 0.15) is 5.82 Å². The molecule has 2 N–H and O–H groups in total. The van der Waals surface area contributed by atoms with Crippen LogP contribution in [0.1, 0.15) is 19.4 Å². The van der Waals surface area contributed by atoms with Gasteiger partial charge in [0.05, 0.1) is 12.2 Å². The number of nitrogens with one attached hydrogen (secondary N) is 1. The van der Waals surface area contributed by atoms with Crippen molar-refractivity contribution < 1.29 is 14.2 Å². The lowest BCUT2D eigenvalue weighted by Gasteiger charge is -2.26. The standard InChI is InChI=1S/C13H20FNO2/c1-10(8-17-3)15-9-13(2,16)11-4-6-12(14)7-5-11/h4-7,10,15-16H,8-9H2,1-3H3/t10-,13+/m1/s1. The van der Waals surface area contributed by atoms with Gasteiger partial charge in [-0.25, -0.2) is 4.39 Å². The Balaban J connectivity index is 2.58. The third-order valence-electron chi connectivity index (χ3n) is 2.68. The first-order valence-electron chi connectivity index (χ1n) is 5.66. The number of methoxy groups -OCH3 is 1. The van der Waals surface area contributed by atoms with Crippen LogP contribution in [-0.4, -0.2) is 31.4 Å². The summed E-state index contributed by atoms with van der Waals surface area (Å²) in [7, 11) is 1.64. The minimum Gasteiger partial charge on any atom is -0.384 e. The zero-order valence-electron chi connectivity index (χ0n) is 10.5. The van der Waals surface area contributed by atoms with Gasteiger partial charge in [0.25, 0.3) is 0 Å². The minimum absolute atomic E-state index is 0.159. The fourth-order valence-electron chi connectivity index (χ4n) is 1.59. The molecular formula is C13H20FNO2. The van der Waals surface area contributed by atoms with Gasteiger partial charge in [-0.05, 0) is 31.5 Å². The van der Waals surface area contributed by atoms with E-state index in [0.717, 1.165) is 0 Å². The van der Waals surface area contributed by atoms with Crippen molar-refractivity contribution in [2.45, 2.75) is 25.5 Å². The maximum Gasteiger partial charge on any atom is 0.123 e. The number of ether oxygens (including phenoxy) is 1. The molecule has 0 saturated heterocycles. The molecular weight excluding hydrogens is 221 g/mol. The second-order valence-corrected chi connectivity index (χ2v) is 4.52. The molecule has 0 aliphatic heterocycles. The SMILES string of the molecule is COC[C@@H](C)NC[C@](C)(O)c1ccc(F)cc1. The molecule has 0 aliphatic carbocycles. The number of halogens is 1. The molecule has 1 aromatic carbocycles. The van der Waals surface area contributed by atoms with E-state index >= 15 is 0 Å². The second-order valence-electron chi connectivity index (χ2n) is 4.52. The Hall–Kier alpha value is -0.970. The first kappa shape index (κ1) is 14.1. The molecule has 0 unspecified atom stereocenters. The summed E-state index contributed by atoms with van der Waals surface area (Å²) in [5.41, 5.74) is -0.327. The van der Waals surface area contributed by atoms with Gasteiger partial charge < -0.3 is 15.2 Å². The van der Waals surface area contributed by atoms with Crippen LogP contribution in [-0.2, 0) is 10.3 Å². The van der Waals surface area contributed by atoms with Crippen LogP contribution in [0, 0.1) is 5.82 Å². The number of rotatable bonds is 6. The molecule has 1 aromatic rings. The molecule has 96 valence electrons. The Morgan fingerprint density at radius 3 is 2.53 bits per heavy atom. The van der Waals surface area contributed by atoms with Crippen molar-refractivity contribution in [3.8, 4) is 0 Å². The average molecular weight is 241 g/mol. The smallest absolute Gasteiger partial charge is 0.123 e. The van der Waals surface area contributed by atoms with Crippen LogP contribution in [0.15, 0.2) is 24.3 Å². The summed E-state index contributed by atoms with van der Waals surface area (Å²) in [5.74, 6) is -0.301. The molecule has 0 bridgehead atoms. The lowest BCUT2D eigenvalue weighted by molar-refractivity contribution is 0.0499. The van der Waals surface area contributed by atoms with Crippen LogP contribution in [0.25, 0.3) is 0 Å². The lowest BCUT2D eigenvalue weighted by atomic mass is 9.96. The molecule has 4 heteroatoms. The third-order valence-corrected chi connectivity index (χ3v) is 2.68. The summed E-state index contributed by atoms with van der Waals surface area (Å²) in [6.07, 6.45) is 0. The molecule has 0 amide bonds. The molecule has 0 fully saturated rings. The first-order valence-corrected chi connectivity index (χ1v) is 5.66. The fraction of sp³-hybridized carbons (Fsp3) is 0.538. The zero-order chi connectivity index (χ0) is 12.9. The molecule has 1 rings (SSSR count). The monoisotopic (exact) mass is 241 g/mol. The van der Waals surface area contributed by atoms with Crippen molar-refractivity contribution in [3.63, 3.8) is 0 Å². The Kier molecular flexibility index (Phi) is 5.05. The van der Waals surface area contributed by atoms with E-state index in [0.29, 0.717) is 18.7 Å². The van der Waals surface area contributed by atoms with E-state index in [1.807, 2.05) is 6.92 Å². The van der Waals surface area contributed by atoms with Crippen LogP contribution in [0.2, 0.25) is 0 Å². The quantitative estimate of drug-likeness (QED) is 0.796. The minimum atomic E-state index is -1.02. The molecule has 2 atom stereocenters. The van der Waals surface area contributed by atoms with E-state index in [2.05, 4.69) is 5.32 Å². The van der Waals surface area contributed by atoms with Crippen LogP contribution < -0.4 is 5.32 Å². The molecule has 3 nitrogen and oxygen atoms in total. The highest BCUT2D eigenvalue weighted by molar-refractivity contribution is 5.22. The highest BCUT2D eigenvalue weighted by Crippen LogP contribution is 2.19. The van der Waals surface area contributed by atoms with E-state index < -0.39 is 5.60 Å². The van der Waals surface area contributed by atoms with Gasteiger partial charge in [0.15, 0.2) is 0 Å². The topological polar surface area (TPSA) is 41.5 Å². The van der Waals surface area contributed by atoms with Crippen molar-refractivity contribution in [1.82, 2.24) is 5.32 Å². The summed E-state index contributed by atoms with van der Waals surface area (Å²) in [6, 6.07) is 6.05. The van der Waals surface area contributed by atoms with Crippen molar-refractivity contribution in [1.29, 1.82) is 0 Å². The van der Waals surface area contributed by atoms with E-state index in [4.69, 9.17) is 4.74 Å². The third kappa shape index (κ3) is 4.42. The van der Waals surface area contributed by atoms with Gasteiger partial charge in [-0.15, -0.1) is 0 Å². The van der Waals surface area contributed by atoms with E-state index in [-0.39, 0.29) is 11.9 Å². The van der Waals surface area contributed by atoms with Gasteiger partial charge in [-0.3, -0.25) is 0 Å². The number of benzene rings is 1. The first-order chi connectivity index (χ1) is 7.95. The zero-order valence-corrected chi connectivity index (χ0v) is 10.5. The lowest BCUT2D eigenvalue weighted by Crippen LogP contribution is -2.41. The normalized spacial score (nSPS) is 16.5. The van der Waals surface area contributed by atoms with Crippen molar-refractivity contribution >= 4 is 0 Å². The summed E-state index contributed by atoms with van der Waals surface area (Å²) >= 11 is 0. The van der Waals surface area contributed by atoms with Crippen molar-refractivity contribution in [2.75, 3.05) is 20.3 Å². The molecule has 0 spiro atoms. The molecule has 0 saturated carbocycles. The largest absolute Gasteiger partial charge is 0.384 e. The van der Waals surface area contributed by atoms with Crippen LogP contribution in [0.3, 0.4) is 0 Å². The number of hydrogen-bond acceptors (Lipinski definition) is 3. The Morgan fingerprint density at radius 2 is 2.00 bits per heavy atom. The van der Waals surface area contributed by atoms with Gasteiger partial charge in [-0.2, -0.15) is 0 Å².